The third kappa shape index (κ3) is 6.87. The van der Waals surface area contributed by atoms with Crippen LogP contribution >= 0.6 is 0 Å². The summed E-state index contributed by atoms with van der Waals surface area (Å²) in [6, 6.07) is -1.88. The van der Waals surface area contributed by atoms with E-state index in [2.05, 4.69) is 0 Å². The zero-order valence-corrected chi connectivity index (χ0v) is 18.3. The van der Waals surface area contributed by atoms with Gasteiger partial charge in [0.05, 0.1) is 25.4 Å². The second-order valence-corrected chi connectivity index (χ2v) is 8.19. The van der Waals surface area contributed by atoms with E-state index >= 15 is 0 Å². The third-order valence-corrected chi connectivity index (χ3v) is 5.77. The predicted molar refractivity (Wildman–Crippen MR) is 111 cm³/mol. The van der Waals surface area contributed by atoms with Gasteiger partial charge in [0.2, 0.25) is 0 Å². The lowest BCUT2D eigenvalue weighted by molar-refractivity contribution is -0.303. The molecule has 2 fully saturated rings. The summed E-state index contributed by atoms with van der Waals surface area (Å²) in [4.78, 5) is 0. The summed E-state index contributed by atoms with van der Waals surface area (Å²) < 4.78 is 21.8. The number of ether oxygens (including phenoxy) is 4. The number of rotatable bonds is 10. The van der Waals surface area contributed by atoms with Gasteiger partial charge < -0.3 is 71.9 Å². The van der Waals surface area contributed by atoms with Crippen LogP contribution in [0.1, 0.15) is 6.92 Å². The molecule has 6 unspecified atom stereocenters. The van der Waals surface area contributed by atoms with Crippen molar-refractivity contribution in [3.05, 3.63) is 12.2 Å². The number of aliphatic hydroxyl groups is 7. The minimum Gasteiger partial charge on any atom is -0.394 e. The lowest BCUT2D eigenvalue weighted by Crippen LogP contribution is -2.63. The van der Waals surface area contributed by atoms with Gasteiger partial charge >= 0.3 is 0 Å². The normalized spacial score (nSPS) is 42.9. The molecule has 0 aromatic heterocycles. The van der Waals surface area contributed by atoms with Crippen molar-refractivity contribution in [2.75, 3.05) is 19.8 Å². The molecule has 0 amide bonds. The first-order valence-electron chi connectivity index (χ1n) is 10.7. The molecule has 13 N–H and O–H groups in total. The third-order valence-electron chi connectivity index (χ3n) is 5.77. The number of hydrogen-bond donors (Lipinski definition) is 10. The Kier molecular flexibility index (Phi) is 11.0. The van der Waals surface area contributed by atoms with Crippen LogP contribution in [0.2, 0.25) is 0 Å². The minimum absolute atomic E-state index is 0.128. The summed E-state index contributed by atoms with van der Waals surface area (Å²) in [5, 5.41) is 68.8. The van der Waals surface area contributed by atoms with Crippen molar-refractivity contribution in [1.29, 1.82) is 0 Å². The molecular weight excluding hydrogens is 446 g/mol. The Hall–Kier alpha value is -0.820. The lowest BCUT2D eigenvalue weighted by atomic mass is 9.97. The van der Waals surface area contributed by atoms with Crippen molar-refractivity contribution in [2.24, 2.45) is 17.2 Å². The lowest BCUT2D eigenvalue weighted by Gasteiger charge is -2.41. The van der Waals surface area contributed by atoms with Crippen LogP contribution in [-0.4, -0.2) is 135 Å². The van der Waals surface area contributed by atoms with Crippen LogP contribution in [0.15, 0.2) is 12.2 Å². The molecule has 0 aliphatic carbocycles. The van der Waals surface area contributed by atoms with E-state index in [1.54, 1.807) is 6.92 Å². The van der Waals surface area contributed by atoms with Gasteiger partial charge in [-0.3, -0.25) is 0 Å². The van der Waals surface area contributed by atoms with Crippen LogP contribution in [0.25, 0.3) is 0 Å². The SMILES string of the molecule is CC(O[C@@H]1OC(CO)[C@H](O)C(N)C1O)[C@H](N)/C=C/[C@H](CO)O[C@H]1OC(CN)[C@@H](O)[C@H](O)C1O. The van der Waals surface area contributed by atoms with E-state index in [0.29, 0.717) is 0 Å². The van der Waals surface area contributed by atoms with Crippen molar-refractivity contribution in [3.63, 3.8) is 0 Å². The van der Waals surface area contributed by atoms with Gasteiger partial charge in [-0.05, 0) is 6.92 Å². The standard InChI is InChI=1S/C19H37N3O11/c1-7(30-18-15(27)12(22)13(25)11(6-24)33-18)9(21)3-2-8(5-23)31-19-17(29)16(28)14(26)10(4-20)32-19/h2-3,7-19,23-29H,4-6,20-22H2,1H3/b3-2+/t7?,8-,9-,10?,11?,12?,13+,14-,15?,16+,17?,18-,19+/m1/s1. The second kappa shape index (κ2) is 12.8. The highest BCUT2D eigenvalue weighted by Gasteiger charge is 2.45. The number of hydrogen-bond acceptors (Lipinski definition) is 14. The summed E-state index contributed by atoms with van der Waals surface area (Å²) in [6.45, 7) is 0.411. The van der Waals surface area contributed by atoms with Crippen LogP contribution < -0.4 is 17.2 Å². The maximum Gasteiger partial charge on any atom is 0.187 e. The van der Waals surface area contributed by atoms with Crippen molar-refractivity contribution in [2.45, 2.75) is 86.5 Å². The largest absolute Gasteiger partial charge is 0.394 e. The first-order chi connectivity index (χ1) is 15.5. The Bertz CT molecular complexity index is 614. The Balaban J connectivity index is 1.95. The summed E-state index contributed by atoms with van der Waals surface area (Å²) in [5.41, 5.74) is 17.3. The molecule has 2 aliphatic heterocycles. The van der Waals surface area contributed by atoms with Crippen molar-refractivity contribution >= 4 is 0 Å². The molecular formula is C19H37N3O11. The molecule has 2 rings (SSSR count). The molecule has 2 aliphatic rings. The van der Waals surface area contributed by atoms with Gasteiger partial charge in [-0.25, -0.2) is 0 Å². The highest BCUT2D eigenvalue weighted by molar-refractivity contribution is 5.00. The van der Waals surface area contributed by atoms with Gasteiger partial charge in [-0.2, -0.15) is 0 Å². The minimum atomic E-state index is -1.58. The number of aliphatic hydroxyl groups excluding tert-OH is 7. The van der Waals surface area contributed by atoms with Gasteiger partial charge in [0.1, 0.15) is 48.8 Å². The predicted octanol–water partition coefficient (Wildman–Crippen LogP) is -5.81. The molecule has 13 atom stereocenters. The van der Waals surface area contributed by atoms with Gasteiger partial charge in [-0.15, -0.1) is 0 Å². The molecule has 0 bridgehead atoms. The van der Waals surface area contributed by atoms with Gasteiger partial charge in [0.25, 0.3) is 0 Å². The second-order valence-electron chi connectivity index (χ2n) is 8.19. The summed E-state index contributed by atoms with van der Waals surface area (Å²) in [6.07, 6.45) is -10.7. The summed E-state index contributed by atoms with van der Waals surface area (Å²) in [7, 11) is 0. The zero-order valence-electron chi connectivity index (χ0n) is 18.3. The fourth-order valence-corrected chi connectivity index (χ4v) is 3.48. The molecule has 2 heterocycles. The van der Waals surface area contributed by atoms with E-state index in [1.165, 1.54) is 12.2 Å². The monoisotopic (exact) mass is 483 g/mol. The molecule has 0 radical (unpaired) electrons. The van der Waals surface area contributed by atoms with Crippen LogP contribution in [0.3, 0.4) is 0 Å². The molecule has 33 heavy (non-hydrogen) atoms. The maximum absolute atomic E-state index is 10.2. The fourth-order valence-electron chi connectivity index (χ4n) is 3.48. The van der Waals surface area contributed by atoms with E-state index in [1.807, 2.05) is 0 Å². The Morgan fingerprint density at radius 1 is 0.848 bits per heavy atom. The van der Waals surface area contributed by atoms with Crippen molar-refractivity contribution < 1.29 is 54.7 Å². The van der Waals surface area contributed by atoms with E-state index in [0.717, 1.165) is 0 Å². The van der Waals surface area contributed by atoms with Crippen LogP contribution in [-0.2, 0) is 18.9 Å². The Morgan fingerprint density at radius 2 is 1.45 bits per heavy atom. The highest BCUT2D eigenvalue weighted by atomic mass is 16.7. The molecule has 14 nitrogen and oxygen atoms in total. The molecule has 0 spiro atoms. The van der Waals surface area contributed by atoms with Crippen LogP contribution in [0, 0.1) is 0 Å². The zero-order chi connectivity index (χ0) is 24.9. The van der Waals surface area contributed by atoms with Gasteiger partial charge in [0.15, 0.2) is 12.6 Å². The van der Waals surface area contributed by atoms with Crippen molar-refractivity contribution in [1.82, 2.24) is 0 Å². The highest BCUT2D eigenvalue weighted by Crippen LogP contribution is 2.24. The molecule has 0 aromatic carbocycles. The smallest absolute Gasteiger partial charge is 0.187 e. The molecule has 14 heteroatoms. The molecule has 0 saturated carbocycles. The Labute approximate surface area is 191 Å². The quantitative estimate of drug-likeness (QED) is 0.130. The molecule has 0 aromatic rings. The van der Waals surface area contributed by atoms with E-state index in [9.17, 15) is 35.7 Å². The van der Waals surface area contributed by atoms with E-state index in [-0.39, 0.29) is 6.54 Å². The fraction of sp³-hybridized carbons (Fsp3) is 0.895. The number of nitrogens with two attached hydrogens (primary N) is 3. The average Bonchev–Trinajstić information content (AvgIpc) is 2.81. The Morgan fingerprint density at radius 3 is 2.03 bits per heavy atom. The average molecular weight is 484 g/mol. The van der Waals surface area contributed by atoms with Crippen LogP contribution in [0.4, 0.5) is 0 Å². The summed E-state index contributed by atoms with van der Waals surface area (Å²) >= 11 is 0. The van der Waals surface area contributed by atoms with E-state index < -0.39 is 92.8 Å². The first-order valence-corrected chi connectivity index (χ1v) is 10.7. The molecule has 2 saturated heterocycles. The first kappa shape index (κ1) is 28.4. The maximum atomic E-state index is 10.2. The topological polar surface area (TPSA) is 257 Å². The van der Waals surface area contributed by atoms with Gasteiger partial charge in [-0.1, -0.05) is 12.2 Å². The van der Waals surface area contributed by atoms with E-state index in [4.69, 9.17) is 36.1 Å². The van der Waals surface area contributed by atoms with Crippen molar-refractivity contribution in [3.8, 4) is 0 Å². The summed E-state index contributed by atoms with van der Waals surface area (Å²) in [5.74, 6) is 0. The molecule has 194 valence electrons. The van der Waals surface area contributed by atoms with Gasteiger partial charge in [0, 0.05) is 12.6 Å². The van der Waals surface area contributed by atoms with Crippen LogP contribution in [0.5, 0.6) is 0 Å².